The summed E-state index contributed by atoms with van der Waals surface area (Å²) < 4.78 is 39.0. The van der Waals surface area contributed by atoms with Crippen molar-refractivity contribution >= 4 is 54.8 Å². The molecule has 20 heavy (non-hydrogen) atoms. The zero-order valence-electron chi connectivity index (χ0n) is 9.51. The second-order valence-corrected chi connectivity index (χ2v) is 7.57. The summed E-state index contributed by atoms with van der Waals surface area (Å²) in [7, 11) is 0. The Kier molecular flexibility index (Phi) is 4.86. The van der Waals surface area contributed by atoms with E-state index in [1.165, 1.54) is 29.5 Å². The number of alkyl halides is 3. The largest absolute Gasteiger partial charge is 0.417 e. The molecular weight excluding hydrogens is 444 g/mol. The minimum Gasteiger partial charge on any atom is -0.383 e. The van der Waals surface area contributed by atoms with Crippen LogP contribution in [-0.4, -0.2) is 5.11 Å². The molecule has 0 aliphatic heterocycles. The topological polar surface area (TPSA) is 20.2 Å². The summed E-state index contributed by atoms with van der Waals surface area (Å²) >= 11 is 13.1. The molecule has 0 fully saturated rings. The van der Waals surface area contributed by atoms with Gasteiger partial charge in [0.25, 0.3) is 0 Å². The molecule has 0 bridgehead atoms. The van der Waals surface area contributed by atoms with Gasteiger partial charge in [-0.15, -0.1) is 11.3 Å². The van der Waals surface area contributed by atoms with Crippen molar-refractivity contribution in [3.8, 4) is 0 Å². The van der Waals surface area contributed by atoms with Gasteiger partial charge < -0.3 is 5.11 Å². The molecule has 0 saturated carbocycles. The maximum Gasteiger partial charge on any atom is 0.417 e. The van der Waals surface area contributed by atoms with E-state index in [0.717, 1.165) is 6.07 Å². The van der Waals surface area contributed by atoms with Crippen LogP contribution in [0, 0.1) is 0 Å². The molecule has 1 aromatic heterocycles. The van der Waals surface area contributed by atoms with E-state index in [1.54, 1.807) is 0 Å². The third kappa shape index (κ3) is 3.39. The van der Waals surface area contributed by atoms with Crippen LogP contribution < -0.4 is 0 Å². The molecule has 108 valence electrons. The fourth-order valence-corrected chi connectivity index (χ4v) is 3.82. The highest BCUT2D eigenvalue weighted by molar-refractivity contribution is 9.11. The fraction of sp³-hybridized carbons (Fsp3) is 0.167. The van der Waals surface area contributed by atoms with Crippen molar-refractivity contribution in [1.29, 1.82) is 0 Å². The number of rotatable bonds is 2. The lowest BCUT2D eigenvalue weighted by Crippen LogP contribution is -2.08. The van der Waals surface area contributed by atoms with Crippen molar-refractivity contribution in [1.82, 2.24) is 0 Å². The van der Waals surface area contributed by atoms with Crippen molar-refractivity contribution in [3.05, 3.63) is 53.6 Å². The summed E-state index contributed by atoms with van der Waals surface area (Å²) in [6, 6.07) is 5.16. The summed E-state index contributed by atoms with van der Waals surface area (Å²) in [5.41, 5.74) is -0.665. The third-order valence-corrected chi connectivity index (χ3v) is 5.76. The normalized spacial score (nSPS) is 13.6. The maximum atomic E-state index is 12.8. The molecule has 0 radical (unpaired) electrons. The van der Waals surface area contributed by atoms with Gasteiger partial charge in [-0.05, 0) is 39.7 Å². The predicted molar refractivity (Wildman–Crippen MR) is 80.2 cm³/mol. The van der Waals surface area contributed by atoms with Crippen LogP contribution in [0.15, 0.2) is 32.5 Å². The van der Waals surface area contributed by atoms with Crippen LogP contribution in [0.2, 0.25) is 5.02 Å². The van der Waals surface area contributed by atoms with Crippen molar-refractivity contribution < 1.29 is 18.3 Å². The van der Waals surface area contributed by atoms with Gasteiger partial charge in [0, 0.05) is 9.35 Å². The van der Waals surface area contributed by atoms with Crippen LogP contribution in [0.5, 0.6) is 0 Å². The molecule has 1 N–H and O–H groups in total. The molecule has 2 rings (SSSR count). The SMILES string of the molecule is OC(c1ccc(Br)c(C(F)(F)F)c1)c1cc(Cl)c(Br)s1. The molecule has 0 aliphatic rings. The first-order chi connectivity index (χ1) is 9.20. The summed E-state index contributed by atoms with van der Waals surface area (Å²) in [6.45, 7) is 0. The average Bonchev–Trinajstić information content (AvgIpc) is 2.68. The lowest BCUT2D eigenvalue weighted by molar-refractivity contribution is -0.138. The first-order valence-electron chi connectivity index (χ1n) is 5.19. The van der Waals surface area contributed by atoms with Crippen LogP contribution in [0.25, 0.3) is 0 Å². The van der Waals surface area contributed by atoms with E-state index in [2.05, 4.69) is 31.9 Å². The van der Waals surface area contributed by atoms with E-state index < -0.39 is 17.8 Å². The second kappa shape index (κ2) is 5.96. The van der Waals surface area contributed by atoms with Gasteiger partial charge >= 0.3 is 6.18 Å². The Morgan fingerprint density at radius 1 is 1.20 bits per heavy atom. The summed E-state index contributed by atoms with van der Waals surface area (Å²) in [6.07, 6.45) is -5.64. The second-order valence-electron chi connectivity index (χ2n) is 3.91. The van der Waals surface area contributed by atoms with E-state index in [-0.39, 0.29) is 10.0 Å². The number of thiophene rings is 1. The van der Waals surface area contributed by atoms with Gasteiger partial charge in [0.15, 0.2) is 0 Å². The Labute approximate surface area is 138 Å². The van der Waals surface area contributed by atoms with Crippen LogP contribution in [0.3, 0.4) is 0 Å². The molecule has 0 amide bonds. The third-order valence-electron chi connectivity index (χ3n) is 2.55. The molecule has 2 aromatic rings. The smallest absolute Gasteiger partial charge is 0.383 e. The minimum absolute atomic E-state index is 0.0636. The average molecular weight is 451 g/mol. The lowest BCUT2D eigenvalue weighted by Gasteiger charge is -2.14. The first-order valence-corrected chi connectivity index (χ1v) is 7.97. The van der Waals surface area contributed by atoms with Gasteiger partial charge in [0.1, 0.15) is 6.10 Å². The summed E-state index contributed by atoms with van der Waals surface area (Å²) in [5.74, 6) is 0. The molecule has 1 unspecified atom stereocenters. The molecule has 1 atom stereocenters. The zero-order valence-corrected chi connectivity index (χ0v) is 14.3. The van der Waals surface area contributed by atoms with Gasteiger partial charge in [-0.2, -0.15) is 13.2 Å². The van der Waals surface area contributed by atoms with Gasteiger partial charge in [-0.3, -0.25) is 0 Å². The van der Waals surface area contributed by atoms with Gasteiger partial charge in [-0.25, -0.2) is 0 Å². The Morgan fingerprint density at radius 3 is 2.35 bits per heavy atom. The zero-order chi connectivity index (χ0) is 15.1. The number of halogens is 6. The highest BCUT2D eigenvalue weighted by Gasteiger charge is 2.33. The van der Waals surface area contributed by atoms with Gasteiger partial charge in [0.2, 0.25) is 0 Å². The molecule has 0 aliphatic carbocycles. The monoisotopic (exact) mass is 448 g/mol. The highest BCUT2D eigenvalue weighted by atomic mass is 79.9. The van der Waals surface area contributed by atoms with Crippen molar-refractivity contribution in [2.75, 3.05) is 0 Å². The lowest BCUT2D eigenvalue weighted by atomic mass is 10.0. The standard InChI is InChI=1S/C12H6Br2ClF3OS/c13-7-2-1-5(3-6(7)12(16,17)18)10(19)9-4-8(15)11(14)20-9/h1-4,10,19H. The Hall–Kier alpha value is -0.0800. The quantitative estimate of drug-likeness (QED) is 0.593. The number of benzene rings is 1. The molecule has 0 spiro atoms. The molecule has 0 saturated heterocycles. The number of hydrogen-bond acceptors (Lipinski definition) is 2. The molecule has 1 aromatic carbocycles. The van der Waals surface area contributed by atoms with E-state index in [9.17, 15) is 18.3 Å². The molecular formula is C12H6Br2ClF3OS. The van der Waals surface area contributed by atoms with E-state index in [0.29, 0.717) is 13.7 Å². The number of aliphatic hydroxyl groups excluding tert-OH is 1. The van der Waals surface area contributed by atoms with E-state index in [1.807, 2.05) is 0 Å². The van der Waals surface area contributed by atoms with Gasteiger partial charge in [-0.1, -0.05) is 33.6 Å². The molecule has 1 nitrogen and oxygen atoms in total. The minimum atomic E-state index is -4.48. The van der Waals surface area contributed by atoms with Crippen molar-refractivity contribution in [2.24, 2.45) is 0 Å². The van der Waals surface area contributed by atoms with Gasteiger partial charge in [0.05, 0.1) is 14.4 Å². The van der Waals surface area contributed by atoms with Crippen LogP contribution >= 0.6 is 54.8 Å². The molecule has 8 heteroatoms. The number of aliphatic hydroxyl groups is 1. The summed E-state index contributed by atoms with van der Waals surface area (Å²) in [4.78, 5) is 0.470. The highest BCUT2D eigenvalue weighted by Crippen LogP contribution is 2.40. The fourth-order valence-electron chi connectivity index (χ4n) is 1.59. The maximum absolute atomic E-state index is 12.8. The summed E-state index contributed by atoms with van der Waals surface area (Å²) in [5, 5.41) is 10.6. The van der Waals surface area contributed by atoms with Crippen LogP contribution in [0.1, 0.15) is 22.1 Å². The Morgan fingerprint density at radius 2 is 1.85 bits per heavy atom. The van der Waals surface area contributed by atoms with Crippen LogP contribution in [0.4, 0.5) is 13.2 Å². The number of hydrogen-bond donors (Lipinski definition) is 1. The predicted octanol–water partition coefficient (Wildman–Crippen LogP) is 6.03. The van der Waals surface area contributed by atoms with E-state index >= 15 is 0 Å². The first kappa shape index (κ1) is 16.3. The Balaban J connectivity index is 2.43. The van der Waals surface area contributed by atoms with Crippen molar-refractivity contribution in [2.45, 2.75) is 12.3 Å². The Bertz CT molecular complexity index is 623. The van der Waals surface area contributed by atoms with Crippen molar-refractivity contribution in [3.63, 3.8) is 0 Å². The van der Waals surface area contributed by atoms with Crippen LogP contribution in [-0.2, 0) is 6.18 Å². The van der Waals surface area contributed by atoms with E-state index in [4.69, 9.17) is 11.6 Å². The molecule has 1 heterocycles.